The minimum absolute atomic E-state index is 0.0260. The van der Waals surface area contributed by atoms with Gasteiger partial charge in [0.15, 0.2) is 0 Å². The number of aryl methyl sites for hydroxylation is 2. The van der Waals surface area contributed by atoms with E-state index in [0.29, 0.717) is 25.9 Å². The van der Waals surface area contributed by atoms with Gasteiger partial charge in [0, 0.05) is 19.5 Å². The Balaban J connectivity index is 2.54. The second kappa shape index (κ2) is 6.91. The highest BCUT2D eigenvalue weighted by molar-refractivity contribution is 5.76. The van der Waals surface area contributed by atoms with E-state index in [1.807, 2.05) is 25.1 Å². The van der Waals surface area contributed by atoms with Gasteiger partial charge in [0.2, 0.25) is 5.91 Å². The van der Waals surface area contributed by atoms with Gasteiger partial charge in [-0.15, -0.1) is 0 Å². The zero-order chi connectivity index (χ0) is 12.7. The van der Waals surface area contributed by atoms with Gasteiger partial charge in [-0.3, -0.25) is 4.79 Å². The molecule has 1 aromatic carbocycles. The summed E-state index contributed by atoms with van der Waals surface area (Å²) in [6, 6.07) is 6.01. The quantitative estimate of drug-likeness (QED) is 0.775. The number of benzene rings is 1. The Morgan fingerprint density at radius 1 is 1.47 bits per heavy atom. The van der Waals surface area contributed by atoms with Crippen molar-refractivity contribution in [1.29, 1.82) is 0 Å². The summed E-state index contributed by atoms with van der Waals surface area (Å²) in [4.78, 5) is 11.4. The van der Waals surface area contributed by atoms with Crippen molar-refractivity contribution in [1.82, 2.24) is 5.32 Å². The predicted octanol–water partition coefficient (Wildman–Crippen LogP) is 1.01. The van der Waals surface area contributed by atoms with Gasteiger partial charge in [-0.05, 0) is 30.5 Å². The van der Waals surface area contributed by atoms with E-state index in [9.17, 15) is 4.79 Å². The molecule has 4 nitrogen and oxygen atoms in total. The molecule has 17 heavy (non-hydrogen) atoms. The Bertz CT molecular complexity index is 378. The van der Waals surface area contributed by atoms with Gasteiger partial charge in [-0.1, -0.05) is 12.1 Å². The molecular weight excluding hydrogens is 216 g/mol. The van der Waals surface area contributed by atoms with Gasteiger partial charge in [0.25, 0.3) is 0 Å². The maximum atomic E-state index is 11.4. The number of carbonyl (C=O) groups is 1. The van der Waals surface area contributed by atoms with E-state index in [0.717, 1.165) is 16.9 Å². The normalized spacial score (nSPS) is 10.1. The number of nitrogens with two attached hydrogens (primary N) is 1. The van der Waals surface area contributed by atoms with Crippen molar-refractivity contribution in [3.8, 4) is 5.75 Å². The fourth-order valence-electron chi connectivity index (χ4n) is 1.61. The SMILES string of the molecule is COc1cc(C)ccc1CCC(=O)NCCN. The van der Waals surface area contributed by atoms with E-state index < -0.39 is 0 Å². The van der Waals surface area contributed by atoms with Crippen LogP contribution in [0.4, 0.5) is 0 Å². The first-order valence-corrected chi connectivity index (χ1v) is 5.77. The van der Waals surface area contributed by atoms with Crippen molar-refractivity contribution in [2.75, 3.05) is 20.2 Å². The van der Waals surface area contributed by atoms with Gasteiger partial charge >= 0.3 is 0 Å². The fourth-order valence-corrected chi connectivity index (χ4v) is 1.61. The van der Waals surface area contributed by atoms with E-state index in [4.69, 9.17) is 10.5 Å². The molecule has 0 spiro atoms. The zero-order valence-electron chi connectivity index (χ0n) is 10.5. The van der Waals surface area contributed by atoms with Gasteiger partial charge < -0.3 is 15.8 Å². The van der Waals surface area contributed by atoms with Crippen LogP contribution >= 0.6 is 0 Å². The summed E-state index contributed by atoms with van der Waals surface area (Å²) in [7, 11) is 1.65. The smallest absolute Gasteiger partial charge is 0.220 e. The van der Waals surface area contributed by atoms with Crippen molar-refractivity contribution >= 4 is 5.91 Å². The standard InChI is InChI=1S/C13H20N2O2/c1-10-3-4-11(12(9-10)17-2)5-6-13(16)15-8-7-14/h3-4,9H,5-8,14H2,1-2H3,(H,15,16). The number of rotatable bonds is 6. The summed E-state index contributed by atoms with van der Waals surface area (Å²) < 4.78 is 5.29. The molecule has 0 saturated carbocycles. The topological polar surface area (TPSA) is 64.3 Å². The third-order valence-electron chi connectivity index (χ3n) is 2.53. The molecule has 3 N–H and O–H groups in total. The van der Waals surface area contributed by atoms with Crippen molar-refractivity contribution in [3.63, 3.8) is 0 Å². The Labute approximate surface area is 102 Å². The van der Waals surface area contributed by atoms with Gasteiger partial charge in [-0.25, -0.2) is 0 Å². The maximum Gasteiger partial charge on any atom is 0.220 e. The lowest BCUT2D eigenvalue weighted by atomic mass is 10.1. The number of hydrogen-bond donors (Lipinski definition) is 2. The van der Waals surface area contributed by atoms with E-state index in [1.165, 1.54) is 0 Å². The molecule has 0 heterocycles. The summed E-state index contributed by atoms with van der Waals surface area (Å²) in [5, 5.41) is 2.75. The van der Waals surface area contributed by atoms with Crippen LogP contribution < -0.4 is 15.8 Å². The lowest BCUT2D eigenvalue weighted by Crippen LogP contribution is -2.29. The Kier molecular flexibility index (Phi) is 5.49. The van der Waals surface area contributed by atoms with Gasteiger partial charge in [0.1, 0.15) is 5.75 Å². The molecule has 4 heteroatoms. The molecule has 94 valence electrons. The lowest BCUT2D eigenvalue weighted by molar-refractivity contribution is -0.120. The van der Waals surface area contributed by atoms with Gasteiger partial charge in [-0.2, -0.15) is 0 Å². The molecule has 0 radical (unpaired) electrons. The Morgan fingerprint density at radius 3 is 2.88 bits per heavy atom. The third-order valence-corrected chi connectivity index (χ3v) is 2.53. The van der Waals surface area contributed by atoms with Crippen LogP contribution in [0, 0.1) is 6.92 Å². The number of nitrogens with one attached hydrogen (secondary N) is 1. The van der Waals surface area contributed by atoms with E-state index in [-0.39, 0.29) is 5.91 Å². The number of ether oxygens (including phenoxy) is 1. The molecule has 0 aromatic heterocycles. The highest BCUT2D eigenvalue weighted by atomic mass is 16.5. The van der Waals surface area contributed by atoms with E-state index in [1.54, 1.807) is 7.11 Å². The summed E-state index contributed by atoms with van der Waals surface area (Å²) >= 11 is 0. The van der Waals surface area contributed by atoms with Crippen LogP contribution in [0.15, 0.2) is 18.2 Å². The molecule has 0 bridgehead atoms. The minimum Gasteiger partial charge on any atom is -0.496 e. The van der Waals surface area contributed by atoms with Crippen LogP contribution in [-0.4, -0.2) is 26.1 Å². The summed E-state index contributed by atoms with van der Waals surface area (Å²) in [6.45, 7) is 3.02. The van der Waals surface area contributed by atoms with Crippen LogP contribution in [0.1, 0.15) is 17.5 Å². The fraction of sp³-hybridized carbons (Fsp3) is 0.462. The van der Waals surface area contributed by atoms with Crippen LogP contribution in [-0.2, 0) is 11.2 Å². The lowest BCUT2D eigenvalue weighted by Gasteiger charge is -2.09. The zero-order valence-corrected chi connectivity index (χ0v) is 10.5. The average molecular weight is 236 g/mol. The van der Waals surface area contributed by atoms with Crippen molar-refractivity contribution < 1.29 is 9.53 Å². The monoisotopic (exact) mass is 236 g/mol. The second-order valence-electron chi connectivity index (χ2n) is 3.95. The Hall–Kier alpha value is -1.55. The molecular formula is C13H20N2O2. The summed E-state index contributed by atoms with van der Waals surface area (Å²) in [6.07, 6.45) is 1.14. The van der Waals surface area contributed by atoms with Crippen molar-refractivity contribution in [3.05, 3.63) is 29.3 Å². The first-order valence-electron chi connectivity index (χ1n) is 5.77. The molecule has 0 aliphatic rings. The maximum absolute atomic E-state index is 11.4. The first kappa shape index (κ1) is 13.5. The average Bonchev–Trinajstić information content (AvgIpc) is 2.34. The largest absolute Gasteiger partial charge is 0.496 e. The first-order chi connectivity index (χ1) is 8.17. The van der Waals surface area contributed by atoms with Crippen LogP contribution in [0.2, 0.25) is 0 Å². The number of hydrogen-bond acceptors (Lipinski definition) is 3. The highest BCUT2D eigenvalue weighted by Gasteiger charge is 2.06. The highest BCUT2D eigenvalue weighted by Crippen LogP contribution is 2.21. The Morgan fingerprint density at radius 2 is 2.24 bits per heavy atom. The van der Waals surface area contributed by atoms with Crippen LogP contribution in [0.25, 0.3) is 0 Å². The predicted molar refractivity (Wildman–Crippen MR) is 68.1 cm³/mol. The number of carbonyl (C=O) groups excluding carboxylic acids is 1. The molecule has 1 rings (SSSR count). The molecule has 1 aromatic rings. The molecule has 0 fully saturated rings. The molecule has 0 aliphatic heterocycles. The van der Waals surface area contributed by atoms with E-state index >= 15 is 0 Å². The molecule has 0 aliphatic carbocycles. The summed E-state index contributed by atoms with van der Waals surface area (Å²) in [5.74, 6) is 0.870. The molecule has 0 unspecified atom stereocenters. The third kappa shape index (κ3) is 4.44. The van der Waals surface area contributed by atoms with E-state index in [2.05, 4.69) is 5.32 Å². The van der Waals surface area contributed by atoms with Crippen molar-refractivity contribution in [2.24, 2.45) is 5.73 Å². The van der Waals surface area contributed by atoms with Gasteiger partial charge in [0.05, 0.1) is 7.11 Å². The van der Waals surface area contributed by atoms with Crippen molar-refractivity contribution in [2.45, 2.75) is 19.8 Å². The number of amides is 1. The molecule has 0 saturated heterocycles. The summed E-state index contributed by atoms with van der Waals surface area (Å²) in [5.41, 5.74) is 7.52. The minimum atomic E-state index is 0.0260. The van der Waals surface area contributed by atoms with Crippen LogP contribution in [0.5, 0.6) is 5.75 Å². The second-order valence-corrected chi connectivity index (χ2v) is 3.95. The molecule has 0 atom stereocenters. The number of methoxy groups -OCH3 is 1. The van der Waals surface area contributed by atoms with Crippen LogP contribution in [0.3, 0.4) is 0 Å². The molecule has 1 amide bonds.